The molecular formula is C9H10N2S. The normalized spacial score (nSPS) is 12.1. The zero-order valence-electron chi connectivity index (χ0n) is 6.78. The van der Waals surface area contributed by atoms with Crippen LogP contribution in [0.5, 0.6) is 0 Å². The Bertz CT molecular complexity index is 286. The lowest BCUT2D eigenvalue weighted by Crippen LogP contribution is -2.06. The topological polar surface area (TPSA) is 35.8 Å². The quantitative estimate of drug-likeness (QED) is 0.680. The van der Waals surface area contributed by atoms with Gasteiger partial charge in [0.05, 0.1) is 11.6 Å². The van der Waals surface area contributed by atoms with E-state index in [1.165, 1.54) is 0 Å². The predicted molar refractivity (Wildman–Crippen MR) is 51.7 cm³/mol. The Morgan fingerprint density at radius 3 is 2.42 bits per heavy atom. The van der Waals surface area contributed by atoms with Gasteiger partial charge in [-0.15, -0.1) is 0 Å². The van der Waals surface area contributed by atoms with Gasteiger partial charge in [0.25, 0.3) is 0 Å². The second-order valence-corrected chi connectivity index (χ2v) is 2.84. The Morgan fingerprint density at radius 2 is 2.00 bits per heavy atom. The highest BCUT2D eigenvalue weighted by molar-refractivity contribution is 7.78. The van der Waals surface area contributed by atoms with Gasteiger partial charge in [-0.05, 0) is 24.6 Å². The van der Waals surface area contributed by atoms with Crippen molar-refractivity contribution < 1.29 is 0 Å². The van der Waals surface area contributed by atoms with E-state index in [1.807, 2.05) is 19.1 Å². The van der Waals surface area contributed by atoms with Gasteiger partial charge in [0.1, 0.15) is 0 Å². The standard InChI is InChI=1S/C9H10N2S/c1-7(11-12)9-4-2-8(6-10)3-5-9/h2-5,7,11-12H,1H3. The van der Waals surface area contributed by atoms with Crippen LogP contribution < -0.4 is 4.72 Å². The molecule has 1 atom stereocenters. The van der Waals surface area contributed by atoms with Crippen LogP contribution in [0.25, 0.3) is 0 Å². The van der Waals surface area contributed by atoms with Crippen molar-refractivity contribution in [2.24, 2.45) is 0 Å². The summed E-state index contributed by atoms with van der Waals surface area (Å²) in [6.07, 6.45) is 0. The molecule has 0 aliphatic heterocycles. The summed E-state index contributed by atoms with van der Waals surface area (Å²) >= 11 is 3.96. The maximum absolute atomic E-state index is 8.54. The second-order valence-electron chi connectivity index (χ2n) is 2.58. The maximum Gasteiger partial charge on any atom is 0.0991 e. The van der Waals surface area contributed by atoms with E-state index in [4.69, 9.17) is 5.26 Å². The van der Waals surface area contributed by atoms with Crippen molar-refractivity contribution in [2.75, 3.05) is 0 Å². The molecule has 1 rings (SSSR count). The number of nitriles is 1. The van der Waals surface area contributed by atoms with Crippen LogP contribution in [0.3, 0.4) is 0 Å². The molecule has 0 bridgehead atoms. The van der Waals surface area contributed by atoms with Gasteiger partial charge in [0.15, 0.2) is 0 Å². The Labute approximate surface area is 77.8 Å². The molecule has 0 amide bonds. The molecule has 0 saturated carbocycles. The first-order valence-electron chi connectivity index (χ1n) is 3.67. The highest BCUT2D eigenvalue weighted by Gasteiger charge is 2.01. The van der Waals surface area contributed by atoms with E-state index >= 15 is 0 Å². The molecule has 12 heavy (non-hydrogen) atoms. The van der Waals surface area contributed by atoms with E-state index in [1.54, 1.807) is 12.1 Å². The summed E-state index contributed by atoms with van der Waals surface area (Å²) in [5, 5.41) is 8.54. The monoisotopic (exact) mass is 178 g/mol. The summed E-state index contributed by atoms with van der Waals surface area (Å²) in [6, 6.07) is 9.73. The highest BCUT2D eigenvalue weighted by Crippen LogP contribution is 2.12. The molecule has 62 valence electrons. The largest absolute Gasteiger partial charge is 0.260 e. The first kappa shape index (κ1) is 9.11. The summed E-state index contributed by atoms with van der Waals surface area (Å²) in [4.78, 5) is 0. The van der Waals surface area contributed by atoms with Crippen molar-refractivity contribution in [3.8, 4) is 6.07 Å². The van der Waals surface area contributed by atoms with E-state index in [0.29, 0.717) is 5.56 Å². The van der Waals surface area contributed by atoms with Crippen LogP contribution in [0.15, 0.2) is 24.3 Å². The molecule has 0 saturated heterocycles. The summed E-state index contributed by atoms with van der Waals surface area (Å²) in [5.74, 6) is 0. The number of hydrogen-bond acceptors (Lipinski definition) is 3. The smallest absolute Gasteiger partial charge is 0.0991 e. The molecule has 0 aliphatic rings. The van der Waals surface area contributed by atoms with Crippen molar-refractivity contribution in [3.63, 3.8) is 0 Å². The van der Waals surface area contributed by atoms with Crippen LogP contribution in [0.4, 0.5) is 0 Å². The molecule has 1 N–H and O–H groups in total. The predicted octanol–water partition coefficient (Wildman–Crippen LogP) is 2.05. The number of rotatable bonds is 2. The molecule has 1 aromatic rings. The molecule has 0 radical (unpaired) electrons. The third-order valence-electron chi connectivity index (χ3n) is 1.73. The first-order chi connectivity index (χ1) is 5.77. The number of hydrogen-bond donors (Lipinski definition) is 2. The van der Waals surface area contributed by atoms with E-state index in [0.717, 1.165) is 5.56 Å². The fraction of sp³-hybridized carbons (Fsp3) is 0.222. The van der Waals surface area contributed by atoms with E-state index < -0.39 is 0 Å². The Balaban J connectivity index is 2.86. The van der Waals surface area contributed by atoms with Crippen molar-refractivity contribution in [2.45, 2.75) is 13.0 Å². The van der Waals surface area contributed by atoms with Gasteiger partial charge < -0.3 is 0 Å². The van der Waals surface area contributed by atoms with Gasteiger partial charge in [0, 0.05) is 6.04 Å². The van der Waals surface area contributed by atoms with Gasteiger partial charge in [0.2, 0.25) is 0 Å². The van der Waals surface area contributed by atoms with E-state index in [2.05, 4.69) is 23.6 Å². The van der Waals surface area contributed by atoms with Crippen LogP contribution in [-0.2, 0) is 0 Å². The molecule has 1 aromatic carbocycles. The molecule has 0 aliphatic carbocycles. The van der Waals surface area contributed by atoms with Gasteiger partial charge >= 0.3 is 0 Å². The lowest BCUT2D eigenvalue weighted by molar-refractivity contribution is 0.759. The van der Waals surface area contributed by atoms with E-state index in [9.17, 15) is 0 Å². The van der Waals surface area contributed by atoms with Gasteiger partial charge in [-0.1, -0.05) is 24.9 Å². The third-order valence-corrected chi connectivity index (χ3v) is 2.12. The van der Waals surface area contributed by atoms with Crippen LogP contribution in [0.1, 0.15) is 24.1 Å². The van der Waals surface area contributed by atoms with Crippen molar-refractivity contribution in [1.29, 1.82) is 5.26 Å². The average Bonchev–Trinajstić information content (AvgIpc) is 2.17. The van der Waals surface area contributed by atoms with Crippen molar-refractivity contribution >= 4 is 12.8 Å². The summed E-state index contributed by atoms with van der Waals surface area (Å²) in [5.41, 5.74) is 1.81. The van der Waals surface area contributed by atoms with Crippen molar-refractivity contribution in [1.82, 2.24) is 4.72 Å². The Hall–Kier alpha value is -0.980. The molecule has 3 heteroatoms. The number of thiol groups is 1. The summed E-state index contributed by atoms with van der Waals surface area (Å²) in [6.45, 7) is 2.01. The average molecular weight is 178 g/mol. The lowest BCUT2D eigenvalue weighted by atomic mass is 10.1. The maximum atomic E-state index is 8.54. The molecule has 0 fully saturated rings. The summed E-state index contributed by atoms with van der Waals surface area (Å²) in [7, 11) is 0. The fourth-order valence-corrected chi connectivity index (χ4v) is 1.07. The van der Waals surface area contributed by atoms with Crippen molar-refractivity contribution in [3.05, 3.63) is 35.4 Å². The number of nitrogens with one attached hydrogen (secondary N) is 1. The fourth-order valence-electron chi connectivity index (χ4n) is 0.921. The minimum atomic E-state index is 0.209. The van der Waals surface area contributed by atoms with Gasteiger partial charge in [-0.3, -0.25) is 4.72 Å². The SMILES string of the molecule is CC(NS)c1ccc(C#N)cc1. The lowest BCUT2D eigenvalue weighted by Gasteiger charge is -2.08. The zero-order valence-corrected chi connectivity index (χ0v) is 7.68. The second kappa shape index (κ2) is 4.15. The van der Waals surface area contributed by atoms with E-state index in [-0.39, 0.29) is 6.04 Å². The Kier molecular flexibility index (Phi) is 3.15. The number of benzene rings is 1. The molecular weight excluding hydrogens is 168 g/mol. The molecule has 2 nitrogen and oxygen atoms in total. The first-order valence-corrected chi connectivity index (χ1v) is 4.12. The van der Waals surface area contributed by atoms with Gasteiger partial charge in [-0.25, -0.2) is 0 Å². The zero-order chi connectivity index (χ0) is 8.97. The molecule has 0 aromatic heterocycles. The summed E-state index contributed by atoms with van der Waals surface area (Å²) < 4.78 is 2.83. The van der Waals surface area contributed by atoms with Crippen LogP contribution in [0.2, 0.25) is 0 Å². The molecule has 1 unspecified atom stereocenters. The highest BCUT2D eigenvalue weighted by atomic mass is 32.1. The molecule has 0 spiro atoms. The van der Waals surface area contributed by atoms with Crippen LogP contribution in [0, 0.1) is 11.3 Å². The van der Waals surface area contributed by atoms with Crippen LogP contribution >= 0.6 is 12.8 Å². The van der Waals surface area contributed by atoms with Crippen LogP contribution in [-0.4, -0.2) is 0 Å². The Morgan fingerprint density at radius 1 is 1.42 bits per heavy atom. The molecule has 0 heterocycles. The minimum absolute atomic E-state index is 0.209. The third kappa shape index (κ3) is 2.00. The number of nitrogens with zero attached hydrogens (tertiary/aromatic N) is 1. The minimum Gasteiger partial charge on any atom is -0.260 e. The van der Waals surface area contributed by atoms with Gasteiger partial charge in [-0.2, -0.15) is 5.26 Å².